The molecule has 0 radical (unpaired) electrons. The fourth-order valence-corrected chi connectivity index (χ4v) is 1.68. The van der Waals surface area contributed by atoms with Gasteiger partial charge in [-0.3, -0.25) is 0 Å². The zero-order valence-corrected chi connectivity index (χ0v) is 9.95. The molecular formula is C12H14N4O2. The number of nitrogens with one attached hydrogen (secondary N) is 1. The van der Waals surface area contributed by atoms with Gasteiger partial charge in [0.2, 0.25) is 0 Å². The van der Waals surface area contributed by atoms with Crippen molar-refractivity contribution in [3.05, 3.63) is 42.6 Å². The summed E-state index contributed by atoms with van der Waals surface area (Å²) in [7, 11) is 0. The van der Waals surface area contributed by atoms with Crippen LogP contribution in [0.2, 0.25) is 0 Å². The number of rotatable bonds is 5. The Morgan fingerprint density at radius 1 is 1.56 bits per heavy atom. The number of carbonyl (C=O) groups is 1. The number of imidazole rings is 1. The van der Waals surface area contributed by atoms with Crippen molar-refractivity contribution in [3.63, 3.8) is 0 Å². The van der Waals surface area contributed by atoms with Crippen LogP contribution in [-0.2, 0) is 6.54 Å². The number of aromatic nitrogens is 3. The van der Waals surface area contributed by atoms with Gasteiger partial charge in [0.1, 0.15) is 11.4 Å². The molecule has 2 heterocycles. The maximum atomic E-state index is 11.0. The summed E-state index contributed by atoms with van der Waals surface area (Å²) in [5, 5.41) is 12.1. The zero-order valence-electron chi connectivity index (χ0n) is 9.95. The van der Waals surface area contributed by atoms with Crippen LogP contribution < -0.4 is 5.32 Å². The van der Waals surface area contributed by atoms with Crippen LogP contribution in [0.3, 0.4) is 0 Å². The lowest BCUT2D eigenvalue weighted by Crippen LogP contribution is -2.23. The highest BCUT2D eigenvalue weighted by Gasteiger charge is 2.12. The molecule has 0 aromatic carbocycles. The molecule has 6 nitrogen and oxygen atoms in total. The molecule has 2 N–H and O–H groups in total. The molecule has 0 aliphatic rings. The molecule has 0 fully saturated rings. The standard InChI is InChI=1S/C12H14N4O2/c1-9(7-16-6-5-13-8-16)15-11-10(12(17)18)3-2-4-14-11/h2-6,8-9H,7H2,1H3,(H,14,15)(H,17,18). The van der Waals surface area contributed by atoms with E-state index in [9.17, 15) is 4.79 Å². The molecule has 1 atom stereocenters. The van der Waals surface area contributed by atoms with E-state index in [2.05, 4.69) is 15.3 Å². The quantitative estimate of drug-likeness (QED) is 0.835. The Morgan fingerprint density at radius 2 is 2.39 bits per heavy atom. The number of carboxylic acids is 1. The maximum Gasteiger partial charge on any atom is 0.339 e. The van der Waals surface area contributed by atoms with Gasteiger partial charge in [0.05, 0.1) is 6.33 Å². The van der Waals surface area contributed by atoms with Gasteiger partial charge >= 0.3 is 5.97 Å². The predicted molar refractivity (Wildman–Crippen MR) is 66.5 cm³/mol. The van der Waals surface area contributed by atoms with Gasteiger partial charge in [-0.05, 0) is 19.1 Å². The Morgan fingerprint density at radius 3 is 3.06 bits per heavy atom. The molecular weight excluding hydrogens is 232 g/mol. The molecule has 2 aromatic rings. The molecule has 6 heteroatoms. The van der Waals surface area contributed by atoms with Gasteiger partial charge in [-0.2, -0.15) is 0 Å². The molecule has 0 bridgehead atoms. The molecule has 0 amide bonds. The fourth-order valence-electron chi connectivity index (χ4n) is 1.68. The lowest BCUT2D eigenvalue weighted by molar-refractivity contribution is 0.0697. The molecule has 94 valence electrons. The van der Waals surface area contributed by atoms with Crippen molar-refractivity contribution >= 4 is 11.8 Å². The van der Waals surface area contributed by atoms with E-state index >= 15 is 0 Å². The van der Waals surface area contributed by atoms with E-state index in [-0.39, 0.29) is 11.6 Å². The Kier molecular flexibility index (Phi) is 3.57. The van der Waals surface area contributed by atoms with Crippen LogP contribution in [0.5, 0.6) is 0 Å². The number of hydrogen-bond donors (Lipinski definition) is 2. The van der Waals surface area contributed by atoms with Crippen LogP contribution in [0.15, 0.2) is 37.1 Å². The molecule has 2 rings (SSSR count). The first kappa shape index (κ1) is 12.1. The van der Waals surface area contributed by atoms with E-state index in [0.29, 0.717) is 12.4 Å². The topological polar surface area (TPSA) is 80.0 Å². The highest BCUT2D eigenvalue weighted by molar-refractivity contribution is 5.93. The summed E-state index contributed by atoms with van der Waals surface area (Å²) in [5.74, 6) is -0.599. The predicted octanol–water partition coefficient (Wildman–Crippen LogP) is 1.48. The second-order valence-electron chi connectivity index (χ2n) is 4.01. The minimum absolute atomic E-state index is 0.0483. The number of nitrogens with zero attached hydrogens (tertiary/aromatic N) is 3. The first-order valence-electron chi connectivity index (χ1n) is 5.57. The third-order valence-electron chi connectivity index (χ3n) is 2.47. The smallest absolute Gasteiger partial charge is 0.339 e. The summed E-state index contributed by atoms with van der Waals surface area (Å²) in [5.41, 5.74) is 0.176. The van der Waals surface area contributed by atoms with Gasteiger partial charge in [-0.1, -0.05) is 0 Å². The summed E-state index contributed by atoms with van der Waals surface area (Å²) in [6.07, 6.45) is 6.85. The maximum absolute atomic E-state index is 11.0. The largest absolute Gasteiger partial charge is 0.478 e. The van der Waals surface area contributed by atoms with Crippen LogP contribution in [-0.4, -0.2) is 31.7 Å². The van der Waals surface area contributed by atoms with E-state index in [1.165, 1.54) is 6.07 Å². The molecule has 0 aliphatic carbocycles. The summed E-state index contributed by atoms with van der Waals surface area (Å²) in [6, 6.07) is 3.18. The Bertz CT molecular complexity index is 525. The van der Waals surface area contributed by atoms with Crippen molar-refractivity contribution < 1.29 is 9.90 Å². The normalized spacial score (nSPS) is 12.1. The van der Waals surface area contributed by atoms with E-state index in [0.717, 1.165) is 0 Å². The molecule has 18 heavy (non-hydrogen) atoms. The zero-order chi connectivity index (χ0) is 13.0. The molecule has 1 unspecified atom stereocenters. The van der Waals surface area contributed by atoms with E-state index < -0.39 is 5.97 Å². The summed E-state index contributed by atoms with van der Waals surface area (Å²) < 4.78 is 1.92. The summed E-state index contributed by atoms with van der Waals surface area (Å²) >= 11 is 0. The van der Waals surface area contributed by atoms with Gasteiger partial charge in [-0.15, -0.1) is 0 Å². The van der Waals surface area contributed by atoms with Crippen molar-refractivity contribution in [2.24, 2.45) is 0 Å². The van der Waals surface area contributed by atoms with Crippen LogP contribution in [0.4, 0.5) is 5.82 Å². The highest BCUT2D eigenvalue weighted by atomic mass is 16.4. The van der Waals surface area contributed by atoms with Gasteiger partial charge < -0.3 is 15.0 Å². The minimum Gasteiger partial charge on any atom is -0.478 e. The van der Waals surface area contributed by atoms with Gasteiger partial charge in [0.15, 0.2) is 0 Å². The number of aromatic carboxylic acids is 1. The first-order chi connectivity index (χ1) is 8.66. The van der Waals surface area contributed by atoms with Crippen LogP contribution in [0.1, 0.15) is 17.3 Å². The number of hydrogen-bond acceptors (Lipinski definition) is 4. The van der Waals surface area contributed by atoms with E-state index in [1.807, 2.05) is 17.7 Å². The third kappa shape index (κ3) is 2.85. The average molecular weight is 246 g/mol. The Labute approximate surface area is 104 Å². The first-order valence-corrected chi connectivity index (χ1v) is 5.57. The van der Waals surface area contributed by atoms with Crippen molar-refractivity contribution in [3.8, 4) is 0 Å². The molecule has 2 aromatic heterocycles. The van der Waals surface area contributed by atoms with Gasteiger partial charge in [0.25, 0.3) is 0 Å². The summed E-state index contributed by atoms with van der Waals surface area (Å²) in [6.45, 7) is 2.65. The Balaban J connectivity index is 2.07. The summed E-state index contributed by atoms with van der Waals surface area (Å²) in [4.78, 5) is 19.0. The second kappa shape index (κ2) is 5.31. The number of pyridine rings is 1. The fraction of sp³-hybridized carbons (Fsp3) is 0.250. The van der Waals surface area contributed by atoms with Crippen molar-refractivity contribution in [2.45, 2.75) is 19.5 Å². The van der Waals surface area contributed by atoms with Crippen molar-refractivity contribution in [1.82, 2.24) is 14.5 Å². The lowest BCUT2D eigenvalue weighted by atomic mass is 10.2. The number of carboxylic acid groups (broad SMARTS) is 1. The third-order valence-corrected chi connectivity index (χ3v) is 2.47. The molecule has 0 saturated carbocycles. The SMILES string of the molecule is CC(Cn1ccnc1)Nc1ncccc1C(=O)O. The second-order valence-corrected chi connectivity index (χ2v) is 4.01. The van der Waals surface area contributed by atoms with Crippen LogP contribution in [0, 0.1) is 0 Å². The molecule has 0 saturated heterocycles. The highest BCUT2D eigenvalue weighted by Crippen LogP contribution is 2.12. The Hall–Kier alpha value is -2.37. The average Bonchev–Trinajstić information content (AvgIpc) is 2.82. The van der Waals surface area contributed by atoms with Gasteiger partial charge in [0, 0.05) is 31.2 Å². The van der Waals surface area contributed by atoms with Crippen molar-refractivity contribution in [1.29, 1.82) is 0 Å². The van der Waals surface area contributed by atoms with Crippen LogP contribution >= 0.6 is 0 Å². The lowest BCUT2D eigenvalue weighted by Gasteiger charge is -2.16. The molecule has 0 spiro atoms. The minimum atomic E-state index is -0.986. The van der Waals surface area contributed by atoms with E-state index in [4.69, 9.17) is 5.11 Å². The van der Waals surface area contributed by atoms with Crippen LogP contribution in [0.25, 0.3) is 0 Å². The van der Waals surface area contributed by atoms with Gasteiger partial charge in [-0.25, -0.2) is 14.8 Å². The van der Waals surface area contributed by atoms with E-state index in [1.54, 1.807) is 24.8 Å². The van der Waals surface area contributed by atoms with Crippen molar-refractivity contribution in [2.75, 3.05) is 5.32 Å². The molecule has 0 aliphatic heterocycles. The number of anilines is 1. The monoisotopic (exact) mass is 246 g/mol.